The fourth-order valence-electron chi connectivity index (χ4n) is 2.24. The molecule has 0 aliphatic rings. The molecule has 136 valence electrons. The standard InChI is InChI=1S/C17H22ClN3O4/c1-17(2,3)25-16(24)19-7-6-13(22)14(23)10-4-5-11-12(8-10)20-9-21-15(11)18/h4-5,8-9,13-14,22-23H,6-7H2,1-3H3,(H,19,24). The van der Waals surface area contributed by atoms with E-state index in [-0.39, 0.29) is 13.0 Å². The van der Waals surface area contributed by atoms with Gasteiger partial charge in [0.05, 0.1) is 11.6 Å². The van der Waals surface area contributed by atoms with E-state index in [0.29, 0.717) is 21.6 Å². The minimum absolute atomic E-state index is 0.170. The van der Waals surface area contributed by atoms with Gasteiger partial charge in [0.25, 0.3) is 0 Å². The molecular formula is C17H22ClN3O4. The Bertz CT molecular complexity index is 748. The van der Waals surface area contributed by atoms with Crippen LogP contribution >= 0.6 is 11.6 Å². The molecule has 0 aliphatic carbocycles. The molecule has 1 amide bonds. The second kappa shape index (κ2) is 7.95. The van der Waals surface area contributed by atoms with Crippen molar-refractivity contribution in [1.82, 2.24) is 15.3 Å². The van der Waals surface area contributed by atoms with Crippen molar-refractivity contribution in [2.75, 3.05) is 6.54 Å². The summed E-state index contributed by atoms with van der Waals surface area (Å²) in [7, 11) is 0. The van der Waals surface area contributed by atoms with Gasteiger partial charge in [0, 0.05) is 11.9 Å². The van der Waals surface area contributed by atoms with E-state index in [1.807, 2.05) is 0 Å². The third-order valence-electron chi connectivity index (χ3n) is 3.43. The summed E-state index contributed by atoms with van der Waals surface area (Å²) in [5.74, 6) is 0. The summed E-state index contributed by atoms with van der Waals surface area (Å²) in [6, 6.07) is 5.01. The zero-order valence-corrected chi connectivity index (χ0v) is 15.1. The predicted molar refractivity (Wildman–Crippen MR) is 94.4 cm³/mol. The van der Waals surface area contributed by atoms with E-state index in [9.17, 15) is 15.0 Å². The molecule has 3 N–H and O–H groups in total. The van der Waals surface area contributed by atoms with Gasteiger partial charge in [-0.2, -0.15) is 0 Å². The summed E-state index contributed by atoms with van der Waals surface area (Å²) >= 11 is 5.98. The van der Waals surface area contributed by atoms with Gasteiger partial charge in [0.2, 0.25) is 0 Å². The van der Waals surface area contributed by atoms with E-state index >= 15 is 0 Å². The minimum atomic E-state index is -1.11. The Morgan fingerprint density at radius 3 is 2.72 bits per heavy atom. The summed E-state index contributed by atoms with van der Waals surface area (Å²) in [4.78, 5) is 19.5. The maximum Gasteiger partial charge on any atom is 0.407 e. The highest BCUT2D eigenvalue weighted by atomic mass is 35.5. The monoisotopic (exact) mass is 367 g/mol. The molecule has 2 rings (SSSR count). The Hall–Kier alpha value is -1.96. The van der Waals surface area contributed by atoms with Crippen LogP contribution in [0.1, 0.15) is 38.9 Å². The van der Waals surface area contributed by atoms with Crippen LogP contribution in [-0.4, -0.2) is 44.5 Å². The van der Waals surface area contributed by atoms with Crippen LogP contribution in [0.15, 0.2) is 24.5 Å². The summed E-state index contributed by atoms with van der Waals surface area (Å²) in [6.07, 6.45) is -1.22. The van der Waals surface area contributed by atoms with Crippen LogP contribution in [-0.2, 0) is 4.74 Å². The van der Waals surface area contributed by atoms with Crippen LogP contribution in [0.3, 0.4) is 0 Å². The highest BCUT2D eigenvalue weighted by Crippen LogP contribution is 2.25. The van der Waals surface area contributed by atoms with Crippen molar-refractivity contribution in [2.45, 2.75) is 45.0 Å². The maximum absolute atomic E-state index is 11.6. The van der Waals surface area contributed by atoms with Crippen molar-refractivity contribution in [2.24, 2.45) is 0 Å². The van der Waals surface area contributed by atoms with Gasteiger partial charge < -0.3 is 20.3 Å². The SMILES string of the molecule is CC(C)(C)OC(=O)NCCC(O)C(O)c1ccc2c(Cl)ncnc2c1. The van der Waals surface area contributed by atoms with Gasteiger partial charge in [-0.05, 0) is 44.9 Å². The average molecular weight is 368 g/mol. The Morgan fingerprint density at radius 1 is 1.32 bits per heavy atom. The summed E-state index contributed by atoms with van der Waals surface area (Å²) in [6.45, 7) is 5.47. The van der Waals surface area contributed by atoms with Crippen LogP contribution < -0.4 is 5.32 Å². The van der Waals surface area contributed by atoms with Crippen molar-refractivity contribution in [1.29, 1.82) is 0 Å². The van der Waals surface area contributed by atoms with Crippen molar-refractivity contribution >= 4 is 28.6 Å². The first kappa shape index (κ1) is 19.4. The van der Waals surface area contributed by atoms with Crippen LogP contribution in [0, 0.1) is 0 Å². The number of fused-ring (bicyclic) bond motifs is 1. The van der Waals surface area contributed by atoms with E-state index in [1.54, 1.807) is 39.0 Å². The lowest BCUT2D eigenvalue weighted by Gasteiger charge is -2.21. The normalized spacial score (nSPS) is 14.2. The van der Waals surface area contributed by atoms with Crippen molar-refractivity contribution < 1.29 is 19.7 Å². The number of halogens is 1. The molecule has 2 unspecified atom stereocenters. The number of nitrogens with one attached hydrogen (secondary N) is 1. The van der Waals surface area contributed by atoms with E-state index < -0.39 is 23.9 Å². The fraction of sp³-hybridized carbons (Fsp3) is 0.471. The van der Waals surface area contributed by atoms with Crippen molar-refractivity contribution in [3.8, 4) is 0 Å². The third kappa shape index (κ3) is 5.52. The second-order valence-corrected chi connectivity index (χ2v) is 7.03. The van der Waals surface area contributed by atoms with Gasteiger partial charge in [-0.25, -0.2) is 14.8 Å². The number of nitrogens with zero attached hydrogens (tertiary/aromatic N) is 2. The van der Waals surface area contributed by atoms with Gasteiger partial charge in [0.1, 0.15) is 23.2 Å². The largest absolute Gasteiger partial charge is 0.444 e. The molecule has 0 spiro atoms. The molecule has 0 aliphatic heterocycles. The average Bonchev–Trinajstić information content (AvgIpc) is 2.52. The number of carbonyl (C=O) groups excluding carboxylic acids is 1. The molecule has 0 bridgehead atoms. The molecule has 25 heavy (non-hydrogen) atoms. The highest BCUT2D eigenvalue weighted by molar-refractivity contribution is 6.34. The molecule has 1 aromatic heterocycles. The predicted octanol–water partition coefficient (Wildman–Crippen LogP) is 2.59. The van der Waals surface area contributed by atoms with E-state index in [1.165, 1.54) is 6.33 Å². The molecular weight excluding hydrogens is 346 g/mol. The van der Waals surface area contributed by atoms with Crippen molar-refractivity contribution in [3.05, 3.63) is 35.2 Å². The summed E-state index contributed by atoms with van der Waals surface area (Å²) < 4.78 is 5.10. The number of aromatic nitrogens is 2. The zero-order chi connectivity index (χ0) is 18.6. The Morgan fingerprint density at radius 2 is 2.04 bits per heavy atom. The van der Waals surface area contributed by atoms with Crippen LogP contribution in [0.25, 0.3) is 10.9 Å². The Kier molecular flexibility index (Phi) is 6.16. The molecule has 7 nitrogen and oxygen atoms in total. The molecule has 0 saturated carbocycles. The third-order valence-corrected chi connectivity index (χ3v) is 3.73. The molecule has 8 heteroatoms. The zero-order valence-electron chi connectivity index (χ0n) is 14.4. The highest BCUT2D eigenvalue weighted by Gasteiger charge is 2.20. The first-order chi connectivity index (χ1) is 11.7. The molecule has 1 heterocycles. The second-order valence-electron chi connectivity index (χ2n) is 6.67. The van der Waals surface area contributed by atoms with E-state index in [4.69, 9.17) is 16.3 Å². The molecule has 1 aromatic carbocycles. The lowest BCUT2D eigenvalue weighted by molar-refractivity contribution is 0.0124. The number of amides is 1. The minimum Gasteiger partial charge on any atom is -0.444 e. The number of aliphatic hydroxyl groups excluding tert-OH is 2. The maximum atomic E-state index is 11.6. The fourth-order valence-corrected chi connectivity index (χ4v) is 2.44. The molecule has 0 fully saturated rings. The lowest BCUT2D eigenvalue weighted by Crippen LogP contribution is -2.34. The number of rotatable bonds is 5. The van der Waals surface area contributed by atoms with Gasteiger partial charge in [-0.15, -0.1) is 0 Å². The summed E-state index contributed by atoms with van der Waals surface area (Å²) in [5.41, 5.74) is 0.499. The molecule has 2 aromatic rings. The lowest BCUT2D eigenvalue weighted by atomic mass is 10.0. The van der Waals surface area contributed by atoms with Crippen molar-refractivity contribution in [3.63, 3.8) is 0 Å². The van der Waals surface area contributed by atoms with E-state index in [0.717, 1.165) is 0 Å². The topological polar surface area (TPSA) is 105 Å². The Labute approximate surface area is 151 Å². The number of benzene rings is 1. The first-order valence-corrected chi connectivity index (χ1v) is 8.28. The van der Waals surface area contributed by atoms with Gasteiger partial charge in [0.15, 0.2) is 0 Å². The first-order valence-electron chi connectivity index (χ1n) is 7.90. The van der Waals surface area contributed by atoms with Crippen LogP contribution in [0.2, 0.25) is 5.15 Å². The number of aliphatic hydroxyl groups is 2. The number of carbonyl (C=O) groups is 1. The number of ether oxygens (including phenoxy) is 1. The quantitative estimate of drug-likeness (QED) is 0.701. The van der Waals surface area contributed by atoms with Gasteiger partial charge in [-0.3, -0.25) is 0 Å². The number of alkyl carbamates (subject to hydrolysis) is 1. The molecule has 2 atom stereocenters. The molecule has 0 radical (unpaired) electrons. The van der Waals surface area contributed by atoms with Crippen LogP contribution in [0.5, 0.6) is 0 Å². The summed E-state index contributed by atoms with van der Waals surface area (Å²) in [5, 5.41) is 24.0. The van der Waals surface area contributed by atoms with Gasteiger partial charge >= 0.3 is 6.09 Å². The van der Waals surface area contributed by atoms with E-state index in [2.05, 4.69) is 15.3 Å². The number of hydrogen-bond donors (Lipinski definition) is 3. The smallest absolute Gasteiger partial charge is 0.407 e. The number of hydrogen-bond acceptors (Lipinski definition) is 6. The van der Waals surface area contributed by atoms with Gasteiger partial charge in [-0.1, -0.05) is 17.7 Å². The molecule has 0 saturated heterocycles. The van der Waals surface area contributed by atoms with Crippen LogP contribution in [0.4, 0.5) is 4.79 Å². The Balaban J connectivity index is 1.93.